The van der Waals surface area contributed by atoms with Gasteiger partial charge in [-0.05, 0) is 42.9 Å². The van der Waals surface area contributed by atoms with E-state index in [1.807, 2.05) is 18.2 Å². The molecule has 0 saturated carbocycles. The van der Waals surface area contributed by atoms with E-state index < -0.39 is 11.5 Å². The molecule has 2 saturated heterocycles. The second-order valence-electron chi connectivity index (χ2n) is 7.39. The standard InChI is InChI=1S/C21H24N2O2/c22-20(24)18-8-4-5-9-19(18)21(25)12-16-10-11-17(13-21)23(16)14-15-6-2-1-3-7-15/h1-9,16-17,25H,10-14H2,(H2,22,24). The van der Waals surface area contributed by atoms with Gasteiger partial charge < -0.3 is 10.8 Å². The van der Waals surface area contributed by atoms with Gasteiger partial charge in [0.1, 0.15) is 0 Å². The third-order valence-corrected chi connectivity index (χ3v) is 5.82. The van der Waals surface area contributed by atoms with Gasteiger partial charge in [0.25, 0.3) is 0 Å². The lowest BCUT2D eigenvalue weighted by molar-refractivity contribution is -0.0598. The zero-order chi connectivity index (χ0) is 17.4. The van der Waals surface area contributed by atoms with Crippen LogP contribution in [0.15, 0.2) is 54.6 Å². The summed E-state index contributed by atoms with van der Waals surface area (Å²) in [5, 5.41) is 11.4. The van der Waals surface area contributed by atoms with Crippen LogP contribution in [0.25, 0.3) is 0 Å². The van der Waals surface area contributed by atoms with Crippen molar-refractivity contribution in [3.63, 3.8) is 0 Å². The largest absolute Gasteiger partial charge is 0.385 e. The molecule has 2 aliphatic rings. The van der Waals surface area contributed by atoms with E-state index in [2.05, 4.69) is 29.2 Å². The van der Waals surface area contributed by atoms with E-state index in [1.165, 1.54) is 5.56 Å². The molecule has 2 fully saturated rings. The van der Waals surface area contributed by atoms with E-state index in [0.717, 1.165) is 19.4 Å². The Kier molecular flexibility index (Phi) is 4.10. The van der Waals surface area contributed by atoms with E-state index in [1.54, 1.807) is 12.1 Å². The van der Waals surface area contributed by atoms with E-state index >= 15 is 0 Å². The second-order valence-corrected chi connectivity index (χ2v) is 7.39. The number of carbonyl (C=O) groups excluding carboxylic acids is 1. The molecule has 2 aliphatic heterocycles. The fourth-order valence-corrected chi connectivity index (χ4v) is 4.69. The maximum absolute atomic E-state index is 11.8. The Hall–Kier alpha value is -2.17. The maximum atomic E-state index is 11.8. The van der Waals surface area contributed by atoms with Crippen LogP contribution in [0.4, 0.5) is 0 Å². The Balaban J connectivity index is 1.60. The molecule has 3 N–H and O–H groups in total. The van der Waals surface area contributed by atoms with Crippen LogP contribution in [0, 0.1) is 0 Å². The van der Waals surface area contributed by atoms with Crippen molar-refractivity contribution in [2.24, 2.45) is 5.73 Å². The molecule has 130 valence electrons. The molecular weight excluding hydrogens is 312 g/mol. The van der Waals surface area contributed by atoms with Crippen LogP contribution in [0.5, 0.6) is 0 Å². The first-order chi connectivity index (χ1) is 12.1. The van der Waals surface area contributed by atoms with Gasteiger partial charge in [0, 0.05) is 24.2 Å². The highest BCUT2D eigenvalue weighted by Crippen LogP contribution is 2.46. The lowest BCUT2D eigenvalue weighted by Gasteiger charge is -2.44. The number of nitrogens with two attached hydrogens (primary N) is 1. The van der Waals surface area contributed by atoms with E-state index in [4.69, 9.17) is 5.73 Å². The molecule has 4 nitrogen and oxygen atoms in total. The van der Waals surface area contributed by atoms with Gasteiger partial charge in [-0.3, -0.25) is 9.69 Å². The Morgan fingerprint density at radius 1 is 1.04 bits per heavy atom. The number of amides is 1. The van der Waals surface area contributed by atoms with Crippen LogP contribution in [0.1, 0.15) is 47.2 Å². The number of piperidine rings is 1. The molecule has 2 aromatic carbocycles. The Morgan fingerprint density at radius 3 is 2.28 bits per heavy atom. The van der Waals surface area contributed by atoms with Crippen molar-refractivity contribution in [2.75, 3.05) is 0 Å². The highest BCUT2D eigenvalue weighted by atomic mass is 16.3. The zero-order valence-electron chi connectivity index (χ0n) is 14.3. The lowest BCUT2D eigenvalue weighted by Crippen LogP contribution is -2.49. The average Bonchev–Trinajstić information content (AvgIpc) is 2.86. The predicted molar refractivity (Wildman–Crippen MR) is 96.9 cm³/mol. The summed E-state index contributed by atoms with van der Waals surface area (Å²) in [6.45, 7) is 0.920. The van der Waals surface area contributed by atoms with Crippen molar-refractivity contribution in [2.45, 2.75) is 49.9 Å². The third kappa shape index (κ3) is 2.96. The molecule has 0 aliphatic carbocycles. The van der Waals surface area contributed by atoms with Crippen molar-refractivity contribution in [3.8, 4) is 0 Å². The predicted octanol–water partition coefficient (Wildman–Crippen LogP) is 2.80. The molecule has 25 heavy (non-hydrogen) atoms. The molecule has 2 atom stereocenters. The molecule has 2 aromatic rings. The molecule has 2 bridgehead atoms. The molecule has 4 rings (SSSR count). The van der Waals surface area contributed by atoms with Crippen LogP contribution >= 0.6 is 0 Å². The molecule has 4 heteroatoms. The minimum atomic E-state index is -0.968. The molecule has 0 radical (unpaired) electrons. The number of hydrogen-bond donors (Lipinski definition) is 2. The number of benzene rings is 2. The monoisotopic (exact) mass is 336 g/mol. The maximum Gasteiger partial charge on any atom is 0.249 e. The van der Waals surface area contributed by atoms with Gasteiger partial charge in [0.05, 0.1) is 5.60 Å². The second kappa shape index (κ2) is 6.28. The number of primary amides is 1. The highest BCUT2D eigenvalue weighted by molar-refractivity contribution is 5.94. The Bertz CT molecular complexity index is 760. The van der Waals surface area contributed by atoms with E-state index in [9.17, 15) is 9.90 Å². The smallest absolute Gasteiger partial charge is 0.249 e. The summed E-state index contributed by atoms with van der Waals surface area (Å²) in [5.74, 6) is -0.469. The first-order valence-electron chi connectivity index (χ1n) is 8.98. The number of fused-ring (bicyclic) bond motifs is 2. The molecule has 0 spiro atoms. The van der Waals surface area contributed by atoms with Gasteiger partial charge in [-0.25, -0.2) is 0 Å². The summed E-state index contributed by atoms with van der Waals surface area (Å²) in [7, 11) is 0. The van der Waals surface area contributed by atoms with Crippen LogP contribution in [0.2, 0.25) is 0 Å². The van der Waals surface area contributed by atoms with Crippen LogP contribution < -0.4 is 5.73 Å². The normalized spacial score (nSPS) is 28.8. The average molecular weight is 336 g/mol. The van der Waals surface area contributed by atoms with Crippen molar-refractivity contribution >= 4 is 5.91 Å². The summed E-state index contributed by atoms with van der Waals surface area (Å²) in [6.07, 6.45) is 3.50. The number of carbonyl (C=O) groups is 1. The van der Waals surface area contributed by atoms with E-state index in [-0.39, 0.29) is 0 Å². The first kappa shape index (κ1) is 16.3. The van der Waals surface area contributed by atoms with Gasteiger partial charge in [-0.15, -0.1) is 0 Å². The SMILES string of the molecule is NC(=O)c1ccccc1C1(O)CC2CCC(C1)N2Cc1ccccc1. The Labute approximate surface area is 148 Å². The van der Waals surface area contributed by atoms with Gasteiger partial charge in [-0.1, -0.05) is 48.5 Å². The van der Waals surface area contributed by atoms with Crippen LogP contribution in [-0.4, -0.2) is 28.0 Å². The lowest BCUT2D eigenvalue weighted by atomic mass is 9.78. The molecular formula is C21H24N2O2. The summed E-state index contributed by atoms with van der Waals surface area (Å²) in [5.41, 5.74) is 7.01. The van der Waals surface area contributed by atoms with Crippen molar-refractivity contribution in [1.29, 1.82) is 0 Å². The van der Waals surface area contributed by atoms with Gasteiger partial charge >= 0.3 is 0 Å². The van der Waals surface area contributed by atoms with Crippen molar-refractivity contribution < 1.29 is 9.90 Å². The quantitative estimate of drug-likeness (QED) is 0.902. The first-order valence-corrected chi connectivity index (χ1v) is 8.98. The molecule has 1 amide bonds. The summed E-state index contributed by atoms with van der Waals surface area (Å²) < 4.78 is 0. The van der Waals surface area contributed by atoms with Gasteiger partial charge in [0.2, 0.25) is 5.91 Å². The Morgan fingerprint density at radius 2 is 1.64 bits per heavy atom. The number of aliphatic hydroxyl groups is 1. The highest BCUT2D eigenvalue weighted by Gasteiger charge is 2.48. The topological polar surface area (TPSA) is 66.6 Å². The summed E-state index contributed by atoms with van der Waals surface area (Å²) in [6, 6.07) is 18.4. The summed E-state index contributed by atoms with van der Waals surface area (Å²) in [4.78, 5) is 14.3. The molecule has 2 unspecified atom stereocenters. The van der Waals surface area contributed by atoms with Crippen LogP contribution in [-0.2, 0) is 12.1 Å². The third-order valence-electron chi connectivity index (χ3n) is 5.82. The molecule has 2 heterocycles. The van der Waals surface area contributed by atoms with Crippen molar-refractivity contribution in [1.82, 2.24) is 4.90 Å². The van der Waals surface area contributed by atoms with E-state index in [0.29, 0.717) is 36.1 Å². The zero-order valence-corrected chi connectivity index (χ0v) is 14.3. The minimum Gasteiger partial charge on any atom is -0.385 e. The number of hydrogen-bond acceptors (Lipinski definition) is 3. The molecule has 0 aromatic heterocycles. The fourth-order valence-electron chi connectivity index (χ4n) is 4.69. The van der Waals surface area contributed by atoms with Gasteiger partial charge in [0.15, 0.2) is 0 Å². The minimum absolute atomic E-state index is 0.338. The summed E-state index contributed by atoms with van der Waals surface area (Å²) >= 11 is 0. The fraction of sp³-hybridized carbons (Fsp3) is 0.381. The number of nitrogens with zero attached hydrogens (tertiary/aromatic N) is 1. The number of rotatable bonds is 4. The van der Waals surface area contributed by atoms with Gasteiger partial charge in [-0.2, -0.15) is 0 Å². The van der Waals surface area contributed by atoms with Crippen LogP contribution in [0.3, 0.4) is 0 Å². The van der Waals surface area contributed by atoms with Crippen molar-refractivity contribution in [3.05, 3.63) is 71.3 Å².